The van der Waals surface area contributed by atoms with Gasteiger partial charge in [0.1, 0.15) is 0 Å². The summed E-state index contributed by atoms with van der Waals surface area (Å²) in [5.41, 5.74) is 1.32. The molecule has 1 fully saturated rings. The number of ether oxygens (including phenoxy) is 1. The Kier molecular flexibility index (Phi) is 11.9. The zero-order chi connectivity index (χ0) is 15.2. The first-order valence-electron chi connectivity index (χ1n) is 7.71. The maximum Gasteiger partial charge on any atom is 0.302 e. The molecule has 0 aromatic heterocycles. The van der Waals surface area contributed by atoms with Crippen molar-refractivity contribution in [1.29, 1.82) is 0 Å². The number of aryl methyl sites for hydroxylation is 1. The zero-order valence-electron chi connectivity index (χ0n) is 13.5. The Balaban J connectivity index is 0.000000272. The number of carbonyl (C=O) groups excluding carboxylic acids is 1. The van der Waals surface area contributed by atoms with Crippen molar-refractivity contribution in [3.8, 4) is 0 Å². The van der Waals surface area contributed by atoms with E-state index >= 15 is 0 Å². The van der Waals surface area contributed by atoms with E-state index in [4.69, 9.17) is 0 Å². The highest BCUT2D eigenvalue weighted by atomic mass is 16.5. The first-order valence-corrected chi connectivity index (χ1v) is 7.71. The van der Waals surface area contributed by atoms with Crippen LogP contribution in [0, 0.1) is 12.8 Å². The van der Waals surface area contributed by atoms with Gasteiger partial charge in [0.2, 0.25) is 0 Å². The monoisotopic (exact) mass is 278 g/mol. The summed E-state index contributed by atoms with van der Waals surface area (Å²) in [6.45, 7) is 8.10. The molecule has 0 heterocycles. The molecule has 1 aromatic rings. The number of hydrogen-bond donors (Lipinski definition) is 0. The lowest BCUT2D eigenvalue weighted by atomic mass is 9.91. The molecule has 0 spiro atoms. The summed E-state index contributed by atoms with van der Waals surface area (Å²) >= 11 is 0. The molecule has 0 atom stereocenters. The Morgan fingerprint density at radius 1 is 1.15 bits per heavy atom. The second-order valence-electron chi connectivity index (χ2n) is 5.32. The molecule has 0 unspecified atom stereocenters. The van der Waals surface area contributed by atoms with Gasteiger partial charge in [0.05, 0.1) is 6.61 Å². The molecule has 0 aliphatic heterocycles. The first kappa shape index (κ1) is 18.7. The lowest BCUT2D eigenvalue weighted by molar-refractivity contribution is -0.140. The van der Waals surface area contributed by atoms with Crippen molar-refractivity contribution in [1.82, 2.24) is 0 Å². The van der Waals surface area contributed by atoms with Crippen molar-refractivity contribution < 1.29 is 9.53 Å². The van der Waals surface area contributed by atoms with Gasteiger partial charge in [0.15, 0.2) is 0 Å². The summed E-state index contributed by atoms with van der Waals surface area (Å²) in [5, 5.41) is 0. The average molecular weight is 278 g/mol. The SMILES string of the molecule is CC1CCCCC1.CCOC(C)=O.Cc1ccccc1. The summed E-state index contributed by atoms with van der Waals surface area (Å²) in [5.74, 6) is 0.825. The number of benzene rings is 1. The maximum absolute atomic E-state index is 9.82. The van der Waals surface area contributed by atoms with Gasteiger partial charge < -0.3 is 4.74 Å². The lowest BCUT2D eigenvalue weighted by Crippen LogP contribution is -1.99. The van der Waals surface area contributed by atoms with Crippen LogP contribution in [0.4, 0.5) is 0 Å². The van der Waals surface area contributed by atoms with E-state index in [2.05, 4.69) is 30.7 Å². The lowest BCUT2D eigenvalue weighted by Gasteiger charge is -2.15. The molecule has 0 bridgehead atoms. The van der Waals surface area contributed by atoms with Crippen molar-refractivity contribution in [2.75, 3.05) is 6.61 Å². The summed E-state index contributed by atoms with van der Waals surface area (Å²) < 4.78 is 4.40. The van der Waals surface area contributed by atoms with Crippen LogP contribution >= 0.6 is 0 Å². The topological polar surface area (TPSA) is 26.3 Å². The molecule has 2 rings (SSSR count). The van der Waals surface area contributed by atoms with Gasteiger partial charge in [-0.3, -0.25) is 4.79 Å². The summed E-state index contributed by atoms with van der Waals surface area (Å²) in [4.78, 5) is 9.82. The van der Waals surface area contributed by atoms with E-state index in [1.165, 1.54) is 44.6 Å². The van der Waals surface area contributed by atoms with Crippen LogP contribution in [0.5, 0.6) is 0 Å². The fourth-order valence-corrected chi connectivity index (χ4v) is 2.04. The number of hydrogen-bond acceptors (Lipinski definition) is 2. The van der Waals surface area contributed by atoms with E-state index < -0.39 is 0 Å². The van der Waals surface area contributed by atoms with Crippen molar-refractivity contribution >= 4 is 5.97 Å². The third kappa shape index (κ3) is 13.1. The van der Waals surface area contributed by atoms with Crippen LogP contribution in [-0.4, -0.2) is 12.6 Å². The Hall–Kier alpha value is -1.31. The molecule has 0 radical (unpaired) electrons. The molecule has 2 nitrogen and oxygen atoms in total. The normalized spacial score (nSPS) is 14.2. The largest absolute Gasteiger partial charge is 0.466 e. The summed E-state index contributed by atoms with van der Waals surface area (Å²) in [6, 6.07) is 10.3. The number of carbonyl (C=O) groups is 1. The molecule has 0 amide bonds. The predicted octanol–water partition coefficient (Wildman–Crippen LogP) is 5.15. The Morgan fingerprint density at radius 2 is 1.70 bits per heavy atom. The highest BCUT2D eigenvalue weighted by Crippen LogP contribution is 2.22. The van der Waals surface area contributed by atoms with Crippen molar-refractivity contribution in [3.63, 3.8) is 0 Å². The molecular formula is C18H30O2. The van der Waals surface area contributed by atoms with Crippen molar-refractivity contribution in [2.24, 2.45) is 5.92 Å². The quantitative estimate of drug-likeness (QED) is 0.664. The van der Waals surface area contributed by atoms with E-state index in [1.807, 2.05) is 18.2 Å². The smallest absolute Gasteiger partial charge is 0.302 e. The van der Waals surface area contributed by atoms with Crippen LogP contribution in [0.15, 0.2) is 30.3 Å². The second kappa shape index (κ2) is 12.7. The zero-order valence-corrected chi connectivity index (χ0v) is 13.5. The van der Waals surface area contributed by atoms with Crippen LogP contribution < -0.4 is 0 Å². The van der Waals surface area contributed by atoms with Gasteiger partial charge in [-0.1, -0.05) is 74.9 Å². The molecule has 1 aliphatic rings. The molecule has 0 saturated heterocycles. The van der Waals surface area contributed by atoms with Gasteiger partial charge in [-0.05, 0) is 19.8 Å². The fraction of sp³-hybridized carbons (Fsp3) is 0.611. The van der Waals surface area contributed by atoms with Gasteiger partial charge in [-0.25, -0.2) is 0 Å². The van der Waals surface area contributed by atoms with E-state index in [0.29, 0.717) is 6.61 Å². The molecule has 114 valence electrons. The standard InChI is InChI=1S/C7H14.C7H8.C4H8O2/c2*1-7-5-3-2-4-6-7;1-3-6-4(2)5/h7H,2-6H2,1H3;2-6H,1H3;3H2,1-2H3. The highest BCUT2D eigenvalue weighted by molar-refractivity contribution is 5.65. The van der Waals surface area contributed by atoms with Crippen molar-refractivity contribution in [3.05, 3.63) is 35.9 Å². The number of rotatable bonds is 1. The molecule has 1 aromatic carbocycles. The minimum atomic E-state index is -0.211. The number of esters is 1. The molecule has 20 heavy (non-hydrogen) atoms. The molecule has 2 heteroatoms. The van der Waals surface area contributed by atoms with Gasteiger partial charge in [0.25, 0.3) is 0 Å². The van der Waals surface area contributed by atoms with Gasteiger partial charge >= 0.3 is 5.97 Å². The van der Waals surface area contributed by atoms with E-state index in [1.54, 1.807) is 6.92 Å². The second-order valence-corrected chi connectivity index (χ2v) is 5.32. The third-order valence-electron chi connectivity index (χ3n) is 3.18. The van der Waals surface area contributed by atoms with E-state index in [-0.39, 0.29) is 5.97 Å². The summed E-state index contributed by atoms with van der Waals surface area (Å²) in [7, 11) is 0. The Morgan fingerprint density at radius 3 is 1.90 bits per heavy atom. The van der Waals surface area contributed by atoms with Crippen LogP contribution in [0.2, 0.25) is 0 Å². The summed E-state index contributed by atoms with van der Waals surface area (Å²) in [6.07, 6.45) is 7.44. The third-order valence-corrected chi connectivity index (χ3v) is 3.18. The van der Waals surface area contributed by atoms with Crippen molar-refractivity contribution in [2.45, 2.75) is 59.8 Å². The average Bonchev–Trinajstić information content (AvgIpc) is 2.42. The molecule has 1 aliphatic carbocycles. The van der Waals surface area contributed by atoms with Gasteiger partial charge in [-0.15, -0.1) is 0 Å². The van der Waals surface area contributed by atoms with Gasteiger partial charge in [-0.2, -0.15) is 0 Å². The van der Waals surface area contributed by atoms with Crippen LogP contribution in [-0.2, 0) is 9.53 Å². The molecule has 0 N–H and O–H groups in total. The predicted molar refractivity (Wildman–Crippen MR) is 85.7 cm³/mol. The minimum absolute atomic E-state index is 0.211. The fourth-order valence-electron chi connectivity index (χ4n) is 2.04. The first-order chi connectivity index (χ1) is 9.56. The Bertz CT molecular complexity index is 327. The minimum Gasteiger partial charge on any atom is -0.466 e. The maximum atomic E-state index is 9.82. The Labute approximate surface area is 124 Å². The van der Waals surface area contributed by atoms with E-state index in [9.17, 15) is 4.79 Å². The molecule has 1 saturated carbocycles. The van der Waals surface area contributed by atoms with E-state index in [0.717, 1.165) is 5.92 Å². The van der Waals surface area contributed by atoms with Gasteiger partial charge in [0, 0.05) is 6.92 Å². The highest BCUT2D eigenvalue weighted by Gasteiger charge is 2.05. The van der Waals surface area contributed by atoms with Crippen LogP contribution in [0.25, 0.3) is 0 Å². The van der Waals surface area contributed by atoms with Crippen LogP contribution in [0.3, 0.4) is 0 Å². The molecular weight excluding hydrogens is 248 g/mol. The van der Waals surface area contributed by atoms with Crippen LogP contribution in [0.1, 0.15) is 58.4 Å².